The van der Waals surface area contributed by atoms with Gasteiger partial charge in [-0.25, -0.2) is 38.7 Å². The van der Waals surface area contributed by atoms with Crippen LogP contribution in [0.3, 0.4) is 0 Å². The van der Waals surface area contributed by atoms with Crippen LogP contribution >= 0.6 is 9.24 Å². The Kier molecular flexibility index (Phi) is 12.3. The van der Waals surface area contributed by atoms with Crippen molar-refractivity contribution in [2.24, 2.45) is 0 Å². The van der Waals surface area contributed by atoms with Gasteiger partial charge < -0.3 is 25.2 Å². The highest BCUT2D eigenvalue weighted by atomic mass is 31.0. The molecular weight excluding hydrogens is 749 g/mol. The SMILES string of the molecule is CC[C@H]1O[C@@H](n2cnc3c(NC(=O)c4ccccc4)ncnc32)[C@@H](F)C1=O.CC[C@H]1O[C@@H](n2cnc3c(NC(=O)c4ccccc4)ncnc32)[C@@H](F)[C@@H]1O.[2H]CP. The summed E-state index contributed by atoms with van der Waals surface area (Å²) in [7, 11) is 2.25. The molecule has 8 atom stereocenters. The number of hydrogen-bond acceptors (Lipinski definition) is 12. The largest absolute Gasteiger partial charge is 0.387 e. The minimum atomic E-state index is -1.80. The summed E-state index contributed by atoms with van der Waals surface area (Å²) in [6.45, 7) is 3.98. The van der Waals surface area contributed by atoms with Crippen molar-refractivity contribution in [1.82, 2.24) is 39.0 Å². The van der Waals surface area contributed by atoms with E-state index in [1.165, 1.54) is 34.4 Å². The molecule has 4 aromatic heterocycles. The number of benzene rings is 2. The van der Waals surface area contributed by atoms with E-state index in [1.54, 1.807) is 61.5 Å². The summed E-state index contributed by atoms with van der Waals surface area (Å²) in [4.78, 5) is 61.5. The van der Waals surface area contributed by atoms with Gasteiger partial charge in [0.1, 0.15) is 24.9 Å². The third-order valence-electron chi connectivity index (χ3n) is 9.01. The molecule has 6 heterocycles. The van der Waals surface area contributed by atoms with Crippen molar-refractivity contribution in [1.29, 1.82) is 0 Å². The molecular formula is C37H39F2N10O6P. The first-order chi connectivity index (χ1) is 27.6. The summed E-state index contributed by atoms with van der Waals surface area (Å²) >= 11 is 0. The lowest BCUT2D eigenvalue weighted by Crippen LogP contribution is -2.27. The lowest BCUT2D eigenvalue weighted by molar-refractivity contribution is -0.125. The zero-order chi connectivity index (χ0) is 40.6. The summed E-state index contributed by atoms with van der Waals surface area (Å²) in [5, 5.41) is 15.3. The van der Waals surface area contributed by atoms with E-state index >= 15 is 0 Å². The molecule has 0 saturated carbocycles. The average Bonchev–Trinajstić information content (AvgIpc) is 4.00. The van der Waals surface area contributed by atoms with Crippen molar-refractivity contribution in [3.05, 3.63) is 97.1 Å². The minimum absolute atomic E-state index is 0.194. The van der Waals surface area contributed by atoms with Crippen LogP contribution in [0.5, 0.6) is 0 Å². The number of aromatic nitrogens is 8. The maximum Gasteiger partial charge on any atom is 0.256 e. The topological polar surface area (TPSA) is 201 Å². The van der Waals surface area contributed by atoms with Crippen LogP contribution < -0.4 is 10.6 Å². The van der Waals surface area contributed by atoms with Crippen LogP contribution in [0.15, 0.2) is 86.0 Å². The van der Waals surface area contributed by atoms with Crippen LogP contribution in [0.2, 0.25) is 0 Å². The van der Waals surface area contributed by atoms with Crippen molar-refractivity contribution >= 4 is 60.8 Å². The number of fused-ring (bicyclic) bond motifs is 2. The molecule has 2 aliphatic heterocycles. The normalized spacial score (nSPS) is 23.1. The number of rotatable bonds is 8. The third kappa shape index (κ3) is 8.00. The Labute approximate surface area is 322 Å². The number of nitrogens with zero attached hydrogens (tertiary/aromatic N) is 8. The molecule has 1 unspecified atom stereocenters. The summed E-state index contributed by atoms with van der Waals surface area (Å²) in [5.41, 5.74) is 2.11. The molecule has 56 heavy (non-hydrogen) atoms. The standard InChI is InChI=1S/C18H18FN5O3.C18H16FN5O3.CH5P/c2*1-2-11-14(25)12(19)18(27-11)24-9-22-13-15(20-8-21-16(13)24)23-17(26)10-6-4-3-5-7-10;1-2/h3-9,11-12,14,18,25H,2H2,1H3,(H,20,21,23,26);3-9,11-12,18H,2H2,1H3,(H,20,21,23,26);2H2,1H3/t11-,12+,14-,18-;11-,12+,18-;/m11./s1/i;;1D. The number of carbonyl (C=O) groups excluding carboxylic acids is 3. The van der Waals surface area contributed by atoms with Crippen molar-refractivity contribution in [3.63, 3.8) is 0 Å². The fourth-order valence-electron chi connectivity index (χ4n) is 6.19. The van der Waals surface area contributed by atoms with Crippen molar-refractivity contribution in [2.75, 3.05) is 17.3 Å². The number of ether oxygens (including phenoxy) is 2. The highest BCUT2D eigenvalue weighted by Crippen LogP contribution is 2.36. The van der Waals surface area contributed by atoms with Gasteiger partial charge in [0.15, 0.2) is 58.4 Å². The Morgan fingerprint density at radius 1 is 0.786 bits per heavy atom. The maximum atomic E-state index is 14.5. The number of aliphatic hydroxyl groups is 1. The second kappa shape index (κ2) is 17.8. The number of ketones is 1. The Balaban J connectivity index is 0.000000180. The van der Waals surface area contributed by atoms with Gasteiger partial charge in [0.05, 0.1) is 18.8 Å². The predicted octanol–water partition coefficient (Wildman–Crippen LogP) is 4.87. The van der Waals surface area contributed by atoms with Gasteiger partial charge in [-0.1, -0.05) is 56.9 Å². The summed E-state index contributed by atoms with van der Waals surface area (Å²) < 4.78 is 49.0. The van der Waals surface area contributed by atoms with Gasteiger partial charge in [0.2, 0.25) is 6.17 Å². The zero-order valence-corrected chi connectivity index (χ0v) is 31.3. The van der Waals surface area contributed by atoms with Crippen LogP contribution in [0.1, 0.15) is 61.2 Å². The number of amides is 2. The summed E-state index contributed by atoms with van der Waals surface area (Å²) in [6.07, 6.45) is -2.11. The number of hydrogen-bond donors (Lipinski definition) is 3. The second-order valence-electron chi connectivity index (χ2n) is 12.4. The van der Waals surface area contributed by atoms with Crippen LogP contribution in [-0.4, -0.2) is 99.0 Å². The van der Waals surface area contributed by atoms with Crippen molar-refractivity contribution in [3.8, 4) is 0 Å². The zero-order valence-electron chi connectivity index (χ0n) is 31.1. The summed E-state index contributed by atoms with van der Waals surface area (Å²) in [5.74, 6) is -0.872. The Morgan fingerprint density at radius 2 is 1.27 bits per heavy atom. The molecule has 2 aromatic carbocycles. The quantitative estimate of drug-likeness (QED) is 0.177. The molecule has 19 heteroatoms. The Hall–Kier alpha value is -5.68. The molecule has 0 bridgehead atoms. The molecule has 2 saturated heterocycles. The van der Waals surface area contributed by atoms with Crippen LogP contribution in [0, 0.1) is 0 Å². The molecule has 16 nitrogen and oxygen atoms in total. The fraction of sp³-hybridized carbons (Fsp3) is 0.324. The predicted molar refractivity (Wildman–Crippen MR) is 204 cm³/mol. The molecule has 6 aromatic rings. The monoisotopic (exact) mass is 789 g/mol. The first-order valence-electron chi connectivity index (χ1n) is 18.2. The highest BCUT2D eigenvalue weighted by Gasteiger charge is 2.46. The van der Waals surface area contributed by atoms with E-state index in [9.17, 15) is 28.3 Å². The molecule has 2 amide bonds. The van der Waals surface area contributed by atoms with E-state index in [2.05, 4.69) is 49.8 Å². The van der Waals surface area contributed by atoms with E-state index < -0.39 is 48.9 Å². The lowest BCUT2D eigenvalue weighted by Gasteiger charge is -2.15. The number of imidazole rings is 2. The van der Waals surface area contributed by atoms with E-state index in [0.717, 1.165) is 0 Å². The molecule has 292 valence electrons. The molecule has 8 rings (SSSR count). The van der Waals surface area contributed by atoms with Gasteiger partial charge in [0, 0.05) is 12.5 Å². The van der Waals surface area contributed by atoms with Gasteiger partial charge in [-0.3, -0.25) is 23.5 Å². The first kappa shape index (κ1) is 38.6. The molecule has 0 aliphatic carbocycles. The third-order valence-corrected chi connectivity index (χ3v) is 9.01. The van der Waals surface area contributed by atoms with Crippen molar-refractivity contribution in [2.45, 2.75) is 69.8 Å². The Bertz CT molecular complexity index is 2320. The lowest BCUT2D eigenvalue weighted by atomic mass is 10.1. The number of halogens is 2. The molecule has 2 fully saturated rings. The van der Waals surface area contributed by atoms with E-state index in [1.807, 2.05) is 13.0 Å². The van der Waals surface area contributed by atoms with Gasteiger partial charge in [-0.05, 0) is 37.1 Å². The van der Waals surface area contributed by atoms with E-state index in [0.29, 0.717) is 41.8 Å². The number of Topliss-reactive ketones (excluding diaryl/α,β-unsaturated/α-hetero) is 1. The Morgan fingerprint density at radius 3 is 1.70 bits per heavy atom. The number of carbonyl (C=O) groups is 3. The summed E-state index contributed by atoms with van der Waals surface area (Å²) in [6, 6.07) is 17.3. The van der Waals surface area contributed by atoms with Gasteiger partial charge >= 0.3 is 0 Å². The smallest absolute Gasteiger partial charge is 0.256 e. The fourth-order valence-corrected chi connectivity index (χ4v) is 6.19. The highest BCUT2D eigenvalue weighted by molar-refractivity contribution is 7.15. The number of anilines is 2. The van der Waals surface area contributed by atoms with Gasteiger partial charge in [-0.15, -0.1) is 9.24 Å². The molecule has 0 radical (unpaired) electrons. The second-order valence-corrected chi connectivity index (χ2v) is 12.4. The number of aliphatic hydroxyl groups excluding tert-OH is 1. The van der Waals surface area contributed by atoms with Crippen LogP contribution in [0.25, 0.3) is 22.3 Å². The van der Waals surface area contributed by atoms with Crippen LogP contribution in [-0.2, 0) is 14.3 Å². The van der Waals surface area contributed by atoms with E-state index in [-0.39, 0.29) is 34.6 Å². The van der Waals surface area contributed by atoms with Crippen molar-refractivity contribution < 1.29 is 39.1 Å². The number of nitrogens with one attached hydrogen (secondary N) is 2. The first-order valence-corrected chi connectivity index (χ1v) is 18.3. The van der Waals surface area contributed by atoms with Gasteiger partial charge in [0.25, 0.3) is 11.8 Å². The molecule has 2 aliphatic rings. The van der Waals surface area contributed by atoms with E-state index in [4.69, 9.17) is 10.8 Å². The van der Waals surface area contributed by atoms with Crippen LogP contribution in [0.4, 0.5) is 20.4 Å². The molecule has 0 spiro atoms. The molecule has 3 N–H and O–H groups in total. The minimum Gasteiger partial charge on any atom is -0.387 e. The van der Waals surface area contributed by atoms with Gasteiger partial charge in [-0.2, -0.15) is 0 Å². The number of alkyl halides is 2. The maximum absolute atomic E-state index is 14.5. The average molecular weight is 790 g/mol.